The van der Waals surface area contributed by atoms with E-state index in [9.17, 15) is 4.79 Å². The van der Waals surface area contributed by atoms with E-state index in [0.29, 0.717) is 6.42 Å². The van der Waals surface area contributed by atoms with Gasteiger partial charge >= 0.3 is 0 Å². The lowest BCUT2D eigenvalue weighted by Gasteiger charge is -2.40. The number of aromatic nitrogens is 1. The van der Waals surface area contributed by atoms with Gasteiger partial charge in [0.2, 0.25) is 0 Å². The van der Waals surface area contributed by atoms with Gasteiger partial charge in [-0.05, 0) is 48.6 Å². The van der Waals surface area contributed by atoms with Crippen LogP contribution in [0.1, 0.15) is 67.8 Å². The molecule has 0 bridgehead atoms. The number of fused-ring (bicyclic) bond motifs is 2. The van der Waals surface area contributed by atoms with Crippen LogP contribution in [0.5, 0.6) is 0 Å². The van der Waals surface area contributed by atoms with Crippen molar-refractivity contribution in [2.45, 2.75) is 58.3 Å². The highest BCUT2D eigenvalue weighted by Gasteiger charge is 2.42. The van der Waals surface area contributed by atoms with Crippen LogP contribution in [0, 0.1) is 5.41 Å². The second-order valence-corrected chi connectivity index (χ2v) is 9.22. The van der Waals surface area contributed by atoms with Crippen molar-refractivity contribution in [2.24, 2.45) is 5.41 Å². The number of nitrogens with zero attached hydrogens (tertiary/aromatic N) is 1. The number of Topliss-reactive ketones (excluding diaryl/α,β-unsaturated/α-hetero) is 1. The van der Waals surface area contributed by atoms with E-state index in [1.54, 1.807) is 0 Å². The van der Waals surface area contributed by atoms with Gasteiger partial charge in [-0.3, -0.25) is 4.79 Å². The monoisotopic (exact) mass is 373 g/mol. The van der Waals surface area contributed by atoms with Crippen molar-refractivity contribution < 1.29 is 4.79 Å². The molecule has 5 rings (SSSR count). The molecule has 144 valence electrons. The molecule has 3 N–H and O–H groups in total. The van der Waals surface area contributed by atoms with Crippen molar-refractivity contribution in [3.63, 3.8) is 0 Å². The summed E-state index contributed by atoms with van der Waals surface area (Å²) < 4.78 is 0. The number of hydrogen-bond donors (Lipinski definition) is 2. The number of hydrogen-bond acceptors (Lipinski definition) is 4. The molecule has 2 aliphatic carbocycles. The molecule has 2 heterocycles. The van der Waals surface area contributed by atoms with Crippen LogP contribution in [0.15, 0.2) is 41.6 Å². The number of carbonyl (C=O) groups is 1. The SMILES string of the molecule is CC1(C)CC(=O)C2=C(C1)Nc1nc3c(c(N)c1C2c1ccccc1)CCCC3. The quantitative estimate of drug-likeness (QED) is 0.757. The summed E-state index contributed by atoms with van der Waals surface area (Å²) in [5, 5.41) is 3.54. The Morgan fingerprint density at radius 1 is 1.11 bits per heavy atom. The molecule has 0 spiro atoms. The Kier molecular flexibility index (Phi) is 3.87. The van der Waals surface area contributed by atoms with E-state index in [1.165, 1.54) is 12.0 Å². The number of nitrogens with two attached hydrogens (primary N) is 1. The van der Waals surface area contributed by atoms with Crippen molar-refractivity contribution in [3.8, 4) is 0 Å². The summed E-state index contributed by atoms with van der Waals surface area (Å²) in [6.45, 7) is 4.33. The van der Waals surface area contributed by atoms with E-state index >= 15 is 0 Å². The largest absolute Gasteiger partial charge is 0.398 e. The van der Waals surface area contributed by atoms with Crippen molar-refractivity contribution in [2.75, 3.05) is 11.1 Å². The molecular formula is C24H27N3O. The second kappa shape index (κ2) is 6.20. The summed E-state index contributed by atoms with van der Waals surface area (Å²) in [5.74, 6) is 0.961. The molecule has 1 atom stereocenters. The Bertz CT molecular complexity index is 1000. The summed E-state index contributed by atoms with van der Waals surface area (Å²) in [6, 6.07) is 10.3. The molecule has 3 aliphatic rings. The van der Waals surface area contributed by atoms with Crippen LogP contribution >= 0.6 is 0 Å². The molecule has 0 radical (unpaired) electrons. The Morgan fingerprint density at radius 2 is 1.86 bits per heavy atom. The first-order valence-corrected chi connectivity index (χ1v) is 10.3. The molecule has 0 fully saturated rings. The van der Waals surface area contributed by atoms with Gasteiger partial charge < -0.3 is 11.1 Å². The number of ketones is 1. The first-order valence-electron chi connectivity index (χ1n) is 10.3. The molecule has 0 amide bonds. The van der Waals surface area contributed by atoms with Gasteiger partial charge in [0, 0.05) is 40.6 Å². The highest BCUT2D eigenvalue weighted by Crippen LogP contribution is 2.51. The van der Waals surface area contributed by atoms with E-state index in [0.717, 1.165) is 65.3 Å². The molecule has 4 nitrogen and oxygen atoms in total. The number of pyridine rings is 1. The van der Waals surface area contributed by atoms with Crippen LogP contribution in [-0.4, -0.2) is 10.8 Å². The molecule has 1 aromatic heterocycles. The lowest BCUT2D eigenvalue weighted by Crippen LogP contribution is -2.35. The third kappa shape index (κ3) is 2.66. The fourth-order valence-corrected chi connectivity index (χ4v) is 5.22. The van der Waals surface area contributed by atoms with Crippen molar-refractivity contribution >= 4 is 17.3 Å². The molecule has 28 heavy (non-hydrogen) atoms. The van der Waals surface area contributed by atoms with Gasteiger partial charge in [-0.15, -0.1) is 0 Å². The highest BCUT2D eigenvalue weighted by molar-refractivity contribution is 6.02. The van der Waals surface area contributed by atoms with Crippen molar-refractivity contribution in [3.05, 3.63) is 64.0 Å². The molecular weight excluding hydrogens is 346 g/mol. The summed E-state index contributed by atoms with van der Waals surface area (Å²) in [4.78, 5) is 18.3. The number of anilines is 2. The van der Waals surface area contributed by atoms with E-state index < -0.39 is 0 Å². The number of nitrogen functional groups attached to an aromatic ring is 1. The van der Waals surface area contributed by atoms with E-state index in [4.69, 9.17) is 10.7 Å². The fraction of sp³-hybridized carbons (Fsp3) is 0.417. The number of rotatable bonds is 1. The first kappa shape index (κ1) is 17.5. The number of aryl methyl sites for hydroxylation is 1. The highest BCUT2D eigenvalue weighted by atomic mass is 16.1. The predicted molar refractivity (Wildman–Crippen MR) is 112 cm³/mol. The van der Waals surface area contributed by atoms with Gasteiger partial charge in [0.05, 0.1) is 0 Å². The maximum Gasteiger partial charge on any atom is 0.162 e. The summed E-state index contributed by atoms with van der Waals surface area (Å²) in [7, 11) is 0. The Balaban J connectivity index is 1.77. The third-order valence-corrected chi connectivity index (χ3v) is 6.46. The Morgan fingerprint density at radius 3 is 2.64 bits per heavy atom. The van der Waals surface area contributed by atoms with Gasteiger partial charge in [0.1, 0.15) is 5.82 Å². The second-order valence-electron chi connectivity index (χ2n) is 9.22. The van der Waals surface area contributed by atoms with Crippen LogP contribution < -0.4 is 11.1 Å². The normalized spacial score (nSPS) is 22.8. The molecule has 0 saturated heterocycles. The van der Waals surface area contributed by atoms with E-state index in [1.807, 2.05) is 18.2 Å². The molecule has 1 aliphatic heterocycles. The summed E-state index contributed by atoms with van der Waals surface area (Å²) in [5.41, 5.74) is 13.9. The molecule has 0 saturated carbocycles. The van der Waals surface area contributed by atoms with Crippen LogP contribution in [0.4, 0.5) is 11.5 Å². The van der Waals surface area contributed by atoms with Gasteiger partial charge in [-0.2, -0.15) is 0 Å². The van der Waals surface area contributed by atoms with Crippen molar-refractivity contribution in [1.82, 2.24) is 4.98 Å². The molecule has 4 heteroatoms. The summed E-state index contributed by atoms with van der Waals surface area (Å²) >= 11 is 0. The topological polar surface area (TPSA) is 68.0 Å². The van der Waals surface area contributed by atoms with Crippen LogP contribution in [-0.2, 0) is 17.6 Å². The predicted octanol–water partition coefficient (Wildman–Crippen LogP) is 4.74. The smallest absolute Gasteiger partial charge is 0.162 e. The lowest BCUT2D eigenvalue weighted by molar-refractivity contribution is -0.118. The zero-order valence-corrected chi connectivity index (χ0v) is 16.6. The minimum Gasteiger partial charge on any atom is -0.398 e. The minimum absolute atomic E-state index is 0.0403. The summed E-state index contributed by atoms with van der Waals surface area (Å²) in [6.07, 6.45) is 5.72. The first-order chi connectivity index (χ1) is 13.4. The van der Waals surface area contributed by atoms with Gasteiger partial charge in [-0.1, -0.05) is 44.2 Å². The standard InChI is InChI=1S/C24H27N3O/c1-24(2)12-17-20(18(28)13-24)19(14-8-4-3-5-9-14)21-22(25)15-10-6-7-11-16(15)26-23(21)27-17/h3-5,8-9,19H,6-7,10-13H2,1-2H3,(H3,25,26,27). The average Bonchev–Trinajstić information content (AvgIpc) is 2.66. The average molecular weight is 374 g/mol. The Labute approximate surface area is 166 Å². The van der Waals surface area contributed by atoms with E-state index in [-0.39, 0.29) is 17.1 Å². The zero-order chi connectivity index (χ0) is 19.5. The maximum atomic E-state index is 13.3. The number of nitrogens with one attached hydrogen (secondary N) is 1. The van der Waals surface area contributed by atoms with Crippen LogP contribution in [0.3, 0.4) is 0 Å². The lowest BCUT2D eigenvalue weighted by atomic mass is 9.68. The van der Waals surface area contributed by atoms with Crippen LogP contribution in [0.25, 0.3) is 0 Å². The molecule has 1 aromatic carbocycles. The van der Waals surface area contributed by atoms with Gasteiger partial charge in [0.25, 0.3) is 0 Å². The Hall–Kier alpha value is -2.62. The number of carbonyl (C=O) groups excluding carboxylic acids is 1. The van der Waals surface area contributed by atoms with Crippen LogP contribution in [0.2, 0.25) is 0 Å². The van der Waals surface area contributed by atoms with E-state index in [2.05, 4.69) is 31.3 Å². The number of benzene rings is 1. The number of allylic oxidation sites excluding steroid dienone is 2. The van der Waals surface area contributed by atoms with Gasteiger partial charge in [-0.25, -0.2) is 4.98 Å². The van der Waals surface area contributed by atoms with Gasteiger partial charge in [0.15, 0.2) is 5.78 Å². The minimum atomic E-state index is -0.129. The maximum absolute atomic E-state index is 13.3. The fourth-order valence-electron chi connectivity index (χ4n) is 5.22. The zero-order valence-electron chi connectivity index (χ0n) is 16.6. The molecule has 2 aromatic rings. The third-order valence-electron chi connectivity index (χ3n) is 6.46. The molecule has 1 unspecified atom stereocenters. The van der Waals surface area contributed by atoms with Crippen molar-refractivity contribution in [1.29, 1.82) is 0 Å².